The zero-order chi connectivity index (χ0) is 20.8. The maximum atomic E-state index is 12.7. The Balaban J connectivity index is 1.31. The number of nitrogens with one attached hydrogen (secondary N) is 3. The number of guanidine groups is 1. The van der Waals surface area contributed by atoms with E-state index in [2.05, 4.69) is 63.2 Å². The lowest BCUT2D eigenvalue weighted by atomic mass is 10.00. The summed E-state index contributed by atoms with van der Waals surface area (Å²) in [5.74, 6) is 0.751. The number of rotatable bonds is 6. The van der Waals surface area contributed by atoms with Crippen LogP contribution in [-0.2, 0) is 24.2 Å². The highest BCUT2D eigenvalue weighted by molar-refractivity contribution is 5.85. The first-order chi connectivity index (χ1) is 14.7. The van der Waals surface area contributed by atoms with Crippen molar-refractivity contribution in [2.75, 3.05) is 26.2 Å². The van der Waals surface area contributed by atoms with Crippen LogP contribution in [0.1, 0.15) is 23.6 Å². The smallest absolute Gasteiger partial charge is 0.244 e. The van der Waals surface area contributed by atoms with Crippen molar-refractivity contribution in [1.82, 2.24) is 20.5 Å². The van der Waals surface area contributed by atoms with Crippen LogP contribution in [0.15, 0.2) is 59.7 Å². The van der Waals surface area contributed by atoms with E-state index in [0.29, 0.717) is 12.5 Å². The number of hydrogen-bond acceptors (Lipinski definition) is 2. The minimum absolute atomic E-state index is 0.0679. The minimum atomic E-state index is 0.0679. The SMILES string of the molecule is CCNC(=NCC(=O)N1CCc2ccccc2C1)NCCc1c[nH]c2ccccc12. The molecule has 0 radical (unpaired) electrons. The predicted molar refractivity (Wildman–Crippen MR) is 122 cm³/mol. The summed E-state index contributed by atoms with van der Waals surface area (Å²) in [7, 11) is 0. The van der Waals surface area contributed by atoms with Gasteiger partial charge in [-0.15, -0.1) is 0 Å². The van der Waals surface area contributed by atoms with Crippen LogP contribution in [0.3, 0.4) is 0 Å². The number of aliphatic imine (C=N–C) groups is 1. The average Bonchev–Trinajstić information content (AvgIpc) is 3.20. The van der Waals surface area contributed by atoms with Crippen LogP contribution in [0.5, 0.6) is 0 Å². The number of carbonyl (C=O) groups excluding carboxylic acids is 1. The van der Waals surface area contributed by atoms with Crippen molar-refractivity contribution in [2.24, 2.45) is 4.99 Å². The number of nitrogens with zero attached hydrogens (tertiary/aromatic N) is 2. The largest absolute Gasteiger partial charge is 0.361 e. The van der Waals surface area contributed by atoms with Gasteiger partial charge in [0.05, 0.1) is 0 Å². The summed E-state index contributed by atoms with van der Waals surface area (Å²) in [5, 5.41) is 7.84. The molecule has 30 heavy (non-hydrogen) atoms. The Labute approximate surface area is 177 Å². The van der Waals surface area contributed by atoms with E-state index in [9.17, 15) is 4.79 Å². The molecule has 0 aliphatic carbocycles. The van der Waals surface area contributed by atoms with E-state index < -0.39 is 0 Å². The lowest BCUT2D eigenvalue weighted by Crippen LogP contribution is -2.41. The van der Waals surface area contributed by atoms with Gasteiger partial charge in [0.2, 0.25) is 5.91 Å². The van der Waals surface area contributed by atoms with Gasteiger partial charge in [0.25, 0.3) is 0 Å². The summed E-state index contributed by atoms with van der Waals surface area (Å²) in [6.45, 7) is 5.12. The van der Waals surface area contributed by atoms with Crippen molar-refractivity contribution in [3.63, 3.8) is 0 Å². The van der Waals surface area contributed by atoms with Gasteiger partial charge in [-0.2, -0.15) is 0 Å². The Bertz CT molecular complexity index is 1040. The van der Waals surface area contributed by atoms with Crippen molar-refractivity contribution in [1.29, 1.82) is 0 Å². The normalized spacial score (nSPS) is 13.9. The Kier molecular flexibility index (Phi) is 6.32. The third kappa shape index (κ3) is 4.64. The molecule has 1 amide bonds. The molecule has 0 unspecified atom stereocenters. The number of H-pyrrole nitrogens is 1. The molecular formula is C24H29N5O. The first-order valence-electron chi connectivity index (χ1n) is 10.7. The van der Waals surface area contributed by atoms with Crippen molar-refractivity contribution in [2.45, 2.75) is 26.3 Å². The van der Waals surface area contributed by atoms with Gasteiger partial charge in [-0.05, 0) is 42.5 Å². The van der Waals surface area contributed by atoms with Gasteiger partial charge in [0.1, 0.15) is 6.54 Å². The lowest BCUT2D eigenvalue weighted by Gasteiger charge is -2.28. The molecule has 0 bridgehead atoms. The van der Waals surface area contributed by atoms with Gasteiger partial charge in [0, 0.05) is 43.3 Å². The number of para-hydroxylation sites is 1. The molecule has 6 heteroatoms. The number of carbonyl (C=O) groups is 1. The fraction of sp³-hybridized carbons (Fsp3) is 0.333. The molecule has 1 aliphatic heterocycles. The van der Waals surface area contributed by atoms with E-state index in [-0.39, 0.29) is 12.5 Å². The second kappa shape index (κ2) is 9.48. The Morgan fingerprint density at radius 2 is 1.90 bits per heavy atom. The standard InChI is InChI=1S/C24H29N5O/c1-2-25-24(26-13-11-19-15-27-22-10-6-5-9-21(19)22)28-16-23(30)29-14-12-18-7-3-4-8-20(18)17-29/h3-10,15,27H,2,11-14,16-17H2,1H3,(H2,25,26,28). The molecule has 1 aliphatic rings. The molecule has 156 valence electrons. The molecule has 1 aromatic heterocycles. The molecule has 2 aromatic carbocycles. The third-order valence-corrected chi connectivity index (χ3v) is 5.56. The van der Waals surface area contributed by atoms with E-state index in [1.165, 1.54) is 22.1 Å². The molecular weight excluding hydrogens is 374 g/mol. The quantitative estimate of drug-likeness (QED) is 0.438. The first-order valence-corrected chi connectivity index (χ1v) is 10.7. The third-order valence-electron chi connectivity index (χ3n) is 5.56. The number of benzene rings is 2. The molecule has 3 aromatic rings. The van der Waals surface area contributed by atoms with Crippen molar-refractivity contribution < 1.29 is 4.79 Å². The summed E-state index contributed by atoms with van der Waals surface area (Å²) in [5.41, 5.74) is 5.01. The average molecular weight is 404 g/mol. The summed E-state index contributed by atoms with van der Waals surface area (Å²) >= 11 is 0. The Morgan fingerprint density at radius 1 is 1.10 bits per heavy atom. The molecule has 0 fully saturated rings. The van der Waals surface area contributed by atoms with E-state index in [0.717, 1.165) is 38.0 Å². The molecule has 0 saturated carbocycles. The maximum Gasteiger partial charge on any atom is 0.244 e. The maximum absolute atomic E-state index is 12.7. The highest BCUT2D eigenvalue weighted by atomic mass is 16.2. The van der Waals surface area contributed by atoms with Crippen LogP contribution < -0.4 is 10.6 Å². The number of amides is 1. The number of hydrogen-bond donors (Lipinski definition) is 3. The van der Waals surface area contributed by atoms with Crippen molar-refractivity contribution in [3.8, 4) is 0 Å². The molecule has 0 atom stereocenters. The van der Waals surface area contributed by atoms with Crippen LogP contribution in [0.2, 0.25) is 0 Å². The van der Waals surface area contributed by atoms with Gasteiger partial charge in [-0.1, -0.05) is 42.5 Å². The Morgan fingerprint density at radius 3 is 2.77 bits per heavy atom. The van der Waals surface area contributed by atoms with E-state index >= 15 is 0 Å². The highest BCUT2D eigenvalue weighted by Gasteiger charge is 2.20. The Hall–Kier alpha value is -3.28. The number of aromatic amines is 1. The summed E-state index contributed by atoms with van der Waals surface area (Å²) in [4.78, 5) is 22.4. The highest BCUT2D eigenvalue weighted by Crippen LogP contribution is 2.19. The van der Waals surface area contributed by atoms with Crippen LogP contribution in [-0.4, -0.2) is 47.9 Å². The summed E-state index contributed by atoms with van der Waals surface area (Å²) in [6, 6.07) is 16.7. The van der Waals surface area contributed by atoms with Crippen molar-refractivity contribution in [3.05, 3.63) is 71.4 Å². The number of aromatic nitrogens is 1. The predicted octanol–water partition coefficient (Wildman–Crippen LogP) is 2.85. The van der Waals surface area contributed by atoms with E-state index in [1.807, 2.05) is 24.0 Å². The van der Waals surface area contributed by atoms with E-state index in [1.54, 1.807) is 0 Å². The second-order valence-electron chi connectivity index (χ2n) is 7.57. The van der Waals surface area contributed by atoms with Gasteiger partial charge in [-0.25, -0.2) is 4.99 Å². The fourth-order valence-corrected chi connectivity index (χ4v) is 3.95. The van der Waals surface area contributed by atoms with Gasteiger partial charge < -0.3 is 20.5 Å². The van der Waals surface area contributed by atoms with Gasteiger partial charge in [-0.3, -0.25) is 4.79 Å². The zero-order valence-corrected chi connectivity index (χ0v) is 17.4. The fourth-order valence-electron chi connectivity index (χ4n) is 3.95. The molecule has 0 saturated heterocycles. The van der Waals surface area contributed by atoms with Crippen LogP contribution in [0.25, 0.3) is 10.9 Å². The minimum Gasteiger partial charge on any atom is -0.361 e. The summed E-state index contributed by atoms with van der Waals surface area (Å²) < 4.78 is 0. The second-order valence-corrected chi connectivity index (χ2v) is 7.57. The van der Waals surface area contributed by atoms with Crippen molar-refractivity contribution >= 4 is 22.8 Å². The summed E-state index contributed by atoms with van der Waals surface area (Å²) in [6.07, 6.45) is 3.86. The lowest BCUT2D eigenvalue weighted by molar-refractivity contribution is -0.130. The monoisotopic (exact) mass is 403 g/mol. The van der Waals surface area contributed by atoms with Gasteiger partial charge in [0.15, 0.2) is 5.96 Å². The van der Waals surface area contributed by atoms with Crippen LogP contribution >= 0.6 is 0 Å². The zero-order valence-electron chi connectivity index (χ0n) is 17.4. The molecule has 3 N–H and O–H groups in total. The molecule has 6 nitrogen and oxygen atoms in total. The van der Waals surface area contributed by atoms with Gasteiger partial charge >= 0.3 is 0 Å². The van der Waals surface area contributed by atoms with E-state index in [4.69, 9.17) is 0 Å². The topological polar surface area (TPSA) is 72.5 Å². The van der Waals surface area contributed by atoms with Crippen LogP contribution in [0.4, 0.5) is 0 Å². The molecule has 2 heterocycles. The number of fused-ring (bicyclic) bond motifs is 2. The molecule has 0 spiro atoms. The molecule has 4 rings (SSSR count). The van der Waals surface area contributed by atoms with Crippen LogP contribution in [0, 0.1) is 0 Å². The first kappa shape index (κ1) is 20.0.